The van der Waals surface area contributed by atoms with Gasteiger partial charge in [-0.1, -0.05) is 164 Å². The fraction of sp³-hybridized carbons (Fsp3) is 0. The summed E-state index contributed by atoms with van der Waals surface area (Å²) in [5.41, 5.74) is 15.7. The van der Waals surface area contributed by atoms with Crippen LogP contribution in [-0.4, -0.2) is 4.57 Å². The van der Waals surface area contributed by atoms with E-state index in [1.165, 1.54) is 60.4 Å². The molecule has 0 spiro atoms. The maximum atomic E-state index is 6.25. The van der Waals surface area contributed by atoms with E-state index in [2.05, 4.69) is 228 Å². The van der Waals surface area contributed by atoms with Gasteiger partial charge in [-0.25, -0.2) is 0 Å². The topological polar surface area (TPSA) is 21.3 Å². The number of aromatic nitrogens is 1. The SMILES string of the molecule is c1ccc(-c2ccc(-c3ccc(N(c4ccc(-c5ccc6c7ccc8ccccc8c7n(-c7ccccc7)c6c5)cc4)c4ccc5oc6ccccc6c5c4)cc3)cc2)cc1. The third-order valence-electron chi connectivity index (χ3n) is 12.2. The summed E-state index contributed by atoms with van der Waals surface area (Å²) in [4.78, 5) is 2.34. The highest BCUT2D eigenvalue weighted by Gasteiger charge is 2.18. The van der Waals surface area contributed by atoms with E-state index >= 15 is 0 Å². The van der Waals surface area contributed by atoms with Gasteiger partial charge in [-0.05, 0) is 105 Å². The Kier molecular flexibility index (Phi) is 8.17. The van der Waals surface area contributed by atoms with E-state index in [4.69, 9.17) is 4.42 Å². The van der Waals surface area contributed by atoms with E-state index in [9.17, 15) is 0 Å². The number of anilines is 3. The van der Waals surface area contributed by atoms with Crippen LogP contribution in [0.2, 0.25) is 0 Å². The molecule has 0 bridgehead atoms. The van der Waals surface area contributed by atoms with Gasteiger partial charge in [-0.3, -0.25) is 0 Å². The lowest BCUT2D eigenvalue weighted by Gasteiger charge is -2.26. The molecule has 10 aromatic carbocycles. The monoisotopic (exact) mass is 778 g/mol. The van der Waals surface area contributed by atoms with Gasteiger partial charge in [0.05, 0.1) is 11.0 Å². The van der Waals surface area contributed by atoms with Gasteiger partial charge in [0.2, 0.25) is 0 Å². The zero-order valence-electron chi connectivity index (χ0n) is 33.2. The molecule has 12 rings (SSSR count). The van der Waals surface area contributed by atoms with Gasteiger partial charge in [0.1, 0.15) is 11.2 Å². The van der Waals surface area contributed by atoms with Gasteiger partial charge in [0, 0.05) is 49.7 Å². The van der Waals surface area contributed by atoms with Crippen LogP contribution in [0.3, 0.4) is 0 Å². The van der Waals surface area contributed by atoms with Crippen LogP contribution < -0.4 is 4.90 Å². The van der Waals surface area contributed by atoms with E-state index in [-0.39, 0.29) is 0 Å². The normalized spacial score (nSPS) is 11.6. The minimum atomic E-state index is 0.880. The van der Waals surface area contributed by atoms with Gasteiger partial charge in [0.25, 0.3) is 0 Å². The molecule has 0 N–H and O–H groups in total. The van der Waals surface area contributed by atoms with Crippen molar-refractivity contribution in [1.29, 1.82) is 0 Å². The zero-order chi connectivity index (χ0) is 40.3. The molecule has 286 valence electrons. The van der Waals surface area contributed by atoms with Crippen molar-refractivity contribution in [2.75, 3.05) is 4.90 Å². The molecular formula is C58H38N2O. The number of para-hydroxylation sites is 2. The summed E-state index contributed by atoms with van der Waals surface area (Å²) in [5, 5.41) is 7.20. The van der Waals surface area contributed by atoms with Crippen LogP contribution in [0.15, 0.2) is 235 Å². The molecule has 0 amide bonds. The Balaban J connectivity index is 0.953. The van der Waals surface area contributed by atoms with Gasteiger partial charge in [-0.2, -0.15) is 0 Å². The van der Waals surface area contributed by atoms with Crippen molar-refractivity contribution < 1.29 is 4.42 Å². The minimum Gasteiger partial charge on any atom is -0.456 e. The molecule has 3 heteroatoms. The number of nitrogens with zero attached hydrogens (tertiary/aromatic N) is 2. The zero-order valence-corrected chi connectivity index (χ0v) is 33.2. The van der Waals surface area contributed by atoms with Crippen LogP contribution >= 0.6 is 0 Å². The molecule has 0 saturated carbocycles. The summed E-state index contributed by atoms with van der Waals surface area (Å²) < 4.78 is 8.69. The van der Waals surface area contributed by atoms with E-state index in [1.54, 1.807) is 0 Å². The lowest BCUT2D eigenvalue weighted by Crippen LogP contribution is -2.09. The van der Waals surface area contributed by atoms with Gasteiger partial charge in [-0.15, -0.1) is 0 Å². The van der Waals surface area contributed by atoms with Gasteiger partial charge < -0.3 is 13.9 Å². The maximum Gasteiger partial charge on any atom is 0.135 e. The predicted octanol–water partition coefficient (Wildman–Crippen LogP) is 16.3. The van der Waals surface area contributed by atoms with Crippen molar-refractivity contribution in [2.24, 2.45) is 0 Å². The molecule has 0 saturated heterocycles. The molecule has 2 heterocycles. The lowest BCUT2D eigenvalue weighted by atomic mass is 10.00. The van der Waals surface area contributed by atoms with Gasteiger partial charge >= 0.3 is 0 Å². The summed E-state index contributed by atoms with van der Waals surface area (Å²) >= 11 is 0. The number of hydrogen-bond acceptors (Lipinski definition) is 2. The molecule has 0 aliphatic heterocycles. The Morgan fingerprint density at radius 2 is 0.820 bits per heavy atom. The number of benzene rings is 10. The Labute approximate surface area is 353 Å². The standard InChI is InChI=1S/C58H38N2O/c1-3-11-39(12-4-1)40-19-21-41(22-20-40)42-23-29-47(30-24-42)59(49-33-36-57-54(38-49)52-17-9-10-18-56(52)61-57)48-31-25-43(26-32-48)45-28-34-51-53-35-27-44-13-7-8-16-50(44)58(53)60(55(51)37-45)46-14-5-2-6-15-46/h1-38H. The van der Waals surface area contributed by atoms with E-state index in [0.29, 0.717) is 0 Å². The average Bonchev–Trinajstić information content (AvgIpc) is 3.88. The summed E-state index contributed by atoms with van der Waals surface area (Å²) in [7, 11) is 0. The highest BCUT2D eigenvalue weighted by molar-refractivity contribution is 6.19. The second-order valence-corrected chi connectivity index (χ2v) is 15.7. The first-order chi connectivity index (χ1) is 30.2. The highest BCUT2D eigenvalue weighted by Crippen LogP contribution is 2.42. The Morgan fingerprint density at radius 3 is 1.52 bits per heavy atom. The van der Waals surface area contributed by atoms with Crippen molar-refractivity contribution in [3.8, 4) is 39.1 Å². The molecule has 0 aliphatic rings. The summed E-state index contributed by atoms with van der Waals surface area (Å²) in [5.74, 6) is 0. The van der Waals surface area contributed by atoms with Crippen LogP contribution in [0.1, 0.15) is 0 Å². The van der Waals surface area contributed by atoms with Gasteiger partial charge in [0.15, 0.2) is 0 Å². The fourth-order valence-electron chi connectivity index (χ4n) is 9.20. The molecule has 0 aliphatic carbocycles. The van der Waals surface area contributed by atoms with Crippen molar-refractivity contribution in [3.05, 3.63) is 231 Å². The van der Waals surface area contributed by atoms with Crippen LogP contribution in [0, 0.1) is 0 Å². The third-order valence-corrected chi connectivity index (χ3v) is 12.2. The first-order valence-electron chi connectivity index (χ1n) is 20.8. The second-order valence-electron chi connectivity index (χ2n) is 15.7. The quantitative estimate of drug-likeness (QED) is 0.161. The second kappa shape index (κ2) is 14.3. The van der Waals surface area contributed by atoms with E-state index in [0.717, 1.165) is 50.3 Å². The van der Waals surface area contributed by atoms with Crippen molar-refractivity contribution in [1.82, 2.24) is 4.57 Å². The molecule has 0 unspecified atom stereocenters. The highest BCUT2D eigenvalue weighted by atomic mass is 16.3. The van der Waals surface area contributed by atoms with Crippen LogP contribution in [0.25, 0.3) is 93.6 Å². The van der Waals surface area contributed by atoms with Crippen LogP contribution in [0.5, 0.6) is 0 Å². The molecule has 3 nitrogen and oxygen atoms in total. The number of fused-ring (bicyclic) bond motifs is 8. The average molecular weight is 779 g/mol. The number of furan rings is 1. The Bertz CT molecular complexity index is 3550. The maximum absolute atomic E-state index is 6.25. The van der Waals surface area contributed by atoms with Crippen LogP contribution in [0.4, 0.5) is 17.1 Å². The summed E-state index contributed by atoms with van der Waals surface area (Å²) in [6.45, 7) is 0. The van der Waals surface area contributed by atoms with E-state index < -0.39 is 0 Å². The van der Waals surface area contributed by atoms with Crippen molar-refractivity contribution >= 4 is 71.6 Å². The molecule has 2 aromatic heterocycles. The number of hydrogen-bond donors (Lipinski definition) is 0. The first-order valence-corrected chi connectivity index (χ1v) is 20.8. The molecule has 61 heavy (non-hydrogen) atoms. The molecule has 0 radical (unpaired) electrons. The van der Waals surface area contributed by atoms with E-state index in [1.807, 2.05) is 12.1 Å². The summed E-state index contributed by atoms with van der Waals surface area (Å²) in [6.07, 6.45) is 0. The Morgan fingerprint density at radius 1 is 0.311 bits per heavy atom. The smallest absolute Gasteiger partial charge is 0.135 e. The molecular weight excluding hydrogens is 741 g/mol. The molecule has 0 fully saturated rings. The third kappa shape index (κ3) is 5.98. The molecule has 12 aromatic rings. The van der Waals surface area contributed by atoms with Crippen molar-refractivity contribution in [3.63, 3.8) is 0 Å². The number of rotatable bonds is 7. The predicted molar refractivity (Wildman–Crippen MR) is 257 cm³/mol. The molecule has 0 atom stereocenters. The summed E-state index contributed by atoms with van der Waals surface area (Å²) in [6, 6.07) is 82.9. The van der Waals surface area contributed by atoms with Crippen molar-refractivity contribution in [2.45, 2.75) is 0 Å². The minimum absolute atomic E-state index is 0.880. The largest absolute Gasteiger partial charge is 0.456 e. The Hall–Kier alpha value is -8.14. The van der Waals surface area contributed by atoms with Crippen LogP contribution in [-0.2, 0) is 0 Å². The first kappa shape index (κ1) is 34.9. The fourth-order valence-corrected chi connectivity index (χ4v) is 9.20. The lowest BCUT2D eigenvalue weighted by molar-refractivity contribution is 0.669.